The molecular formula is C7H15LiO3S. The quantitative estimate of drug-likeness (QED) is 0.251. The maximum Gasteiger partial charge on any atom is 1.00 e. The predicted octanol–water partition coefficient (Wildman–Crippen LogP) is -0.990. The van der Waals surface area contributed by atoms with Crippen LogP contribution in [0.1, 0.15) is 39.0 Å². The molecular weight excluding hydrogens is 171 g/mol. The first-order chi connectivity index (χ1) is 5.06. The van der Waals surface area contributed by atoms with Crippen molar-refractivity contribution in [3.05, 3.63) is 5.75 Å². The average Bonchev–Trinajstić information content (AvgIpc) is 1.85. The van der Waals surface area contributed by atoms with Crippen LogP contribution in [0.4, 0.5) is 0 Å². The van der Waals surface area contributed by atoms with Gasteiger partial charge in [0, 0.05) is 0 Å². The maximum absolute atomic E-state index is 10.2. The molecule has 0 saturated carbocycles. The first-order valence-electron chi connectivity index (χ1n) is 3.87. The van der Waals surface area contributed by atoms with E-state index in [0.29, 0.717) is 6.42 Å². The molecule has 0 saturated heterocycles. The van der Waals surface area contributed by atoms with Crippen molar-refractivity contribution < 1.29 is 31.8 Å². The monoisotopic (exact) mass is 186 g/mol. The Labute approximate surface area is 86.9 Å². The molecule has 0 aliphatic rings. The van der Waals surface area contributed by atoms with Gasteiger partial charge in [0.25, 0.3) is 0 Å². The zero-order valence-electron chi connectivity index (χ0n) is 7.78. The second kappa shape index (κ2) is 8.12. The summed E-state index contributed by atoms with van der Waals surface area (Å²) in [4.78, 5) is 0. The first-order valence-corrected chi connectivity index (χ1v) is 5.37. The summed E-state index contributed by atoms with van der Waals surface area (Å²) in [6.45, 7) is 2.09. The van der Waals surface area contributed by atoms with E-state index in [4.69, 9.17) is 4.55 Å². The van der Waals surface area contributed by atoms with Crippen molar-refractivity contribution in [2.45, 2.75) is 39.0 Å². The van der Waals surface area contributed by atoms with Gasteiger partial charge in [-0.3, -0.25) is 0 Å². The van der Waals surface area contributed by atoms with Crippen molar-refractivity contribution in [1.29, 1.82) is 0 Å². The van der Waals surface area contributed by atoms with E-state index in [1.165, 1.54) is 0 Å². The fourth-order valence-corrected chi connectivity index (χ4v) is 1.27. The van der Waals surface area contributed by atoms with Gasteiger partial charge in [0.1, 0.15) is 10.1 Å². The van der Waals surface area contributed by atoms with Gasteiger partial charge < -0.3 is 4.55 Å². The van der Waals surface area contributed by atoms with Crippen molar-refractivity contribution >= 4 is 10.1 Å². The number of hydrogen-bond acceptors (Lipinski definition) is 2. The molecule has 12 heavy (non-hydrogen) atoms. The molecule has 0 fully saturated rings. The molecule has 0 aromatic rings. The van der Waals surface area contributed by atoms with Gasteiger partial charge in [-0.25, -0.2) is 8.42 Å². The van der Waals surface area contributed by atoms with Gasteiger partial charge in [-0.2, -0.15) is 12.2 Å². The van der Waals surface area contributed by atoms with E-state index in [-0.39, 0.29) is 18.9 Å². The summed E-state index contributed by atoms with van der Waals surface area (Å²) in [5.41, 5.74) is 0. The summed E-state index contributed by atoms with van der Waals surface area (Å²) in [5.74, 6) is 0.961. The molecule has 0 aromatic heterocycles. The van der Waals surface area contributed by atoms with Crippen LogP contribution in [0.25, 0.3) is 0 Å². The van der Waals surface area contributed by atoms with Crippen molar-refractivity contribution in [3.8, 4) is 0 Å². The van der Waals surface area contributed by atoms with Crippen molar-refractivity contribution in [2.75, 3.05) is 0 Å². The third-order valence-electron chi connectivity index (χ3n) is 1.39. The van der Waals surface area contributed by atoms with Crippen LogP contribution in [0.15, 0.2) is 0 Å². The molecule has 5 heteroatoms. The predicted molar refractivity (Wildman–Crippen MR) is 44.6 cm³/mol. The van der Waals surface area contributed by atoms with Gasteiger partial charge in [-0.05, 0) is 0 Å². The molecule has 0 amide bonds. The third kappa shape index (κ3) is 13.1. The fraction of sp³-hybridized carbons (Fsp3) is 0.857. The standard InChI is InChI=1S/C7H15O3S.Li/c1-2-3-4-5-6-7-11(8,9)10;/h7H,2-6H2,1H3,(H,8,9,10);/q-1;+1. The number of rotatable bonds is 6. The summed E-state index contributed by atoms with van der Waals surface area (Å²) in [6, 6.07) is 0. The summed E-state index contributed by atoms with van der Waals surface area (Å²) in [5, 5.41) is 0. The maximum atomic E-state index is 10.2. The topological polar surface area (TPSA) is 54.4 Å². The molecule has 0 rings (SSSR count). The van der Waals surface area contributed by atoms with Crippen LogP contribution in [0.3, 0.4) is 0 Å². The summed E-state index contributed by atoms with van der Waals surface area (Å²) in [7, 11) is -3.84. The second-order valence-electron chi connectivity index (χ2n) is 2.53. The number of hydrogen-bond donors (Lipinski definition) is 1. The van der Waals surface area contributed by atoms with Crippen molar-refractivity contribution in [1.82, 2.24) is 0 Å². The zero-order valence-corrected chi connectivity index (χ0v) is 8.60. The van der Waals surface area contributed by atoms with Gasteiger partial charge in [-0.1, -0.05) is 32.6 Å². The fourth-order valence-electron chi connectivity index (χ4n) is 0.803. The van der Waals surface area contributed by atoms with Crippen LogP contribution in [-0.2, 0) is 10.1 Å². The van der Waals surface area contributed by atoms with Crippen LogP contribution in [0.5, 0.6) is 0 Å². The Morgan fingerprint density at radius 2 is 1.83 bits per heavy atom. The largest absolute Gasteiger partial charge is 1.00 e. The first kappa shape index (κ1) is 15.0. The Bertz CT molecular complexity index is 177. The van der Waals surface area contributed by atoms with Gasteiger partial charge in [0.15, 0.2) is 0 Å². The minimum absolute atomic E-state index is 0. The van der Waals surface area contributed by atoms with Gasteiger partial charge >= 0.3 is 18.9 Å². The van der Waals surface area contributed by atoms with E-state index < -0.39 is 10.1 Å². The molecule has 1 N–H and O–H groups in total. The van der Waals surface area contributed by atoms with Gasteiger partial charge in [0.2, 0.25) is 0 Å². The Hall–Kier alpha value is 0.507. The molecule has 0 spiro atoms. The van der Waals surface area contributed by atoms with Crippen LogP contribution in [0, 0.1) is 5.75 Å². The third-order valence-corrected chi connectivity index (χ3v) is 2.04. The zero-order chi connectivity index (χ0) is 8.74. The van der Waals surface area contributed by atoms with Gasteiger partial charge in [0.05, 0.1) is 0 Å². The Morgan fingerprint density at radius 3 is 2.25 bits per heavy atom. The van der Waals surface area contributed by atoms with E-state index >= 15 is 0 Å². The summed E-state index contributed by atoms with van der Waals surface area (Å²) in [6.07, 6.45) is 4.58. The van der Waals surface area contributed by atoms with E-state index in [9.17, 15) is 8.42 Å². The Kier molecular flexibility index (Phi) is 10.2. The minimum Gasteiger partial charge on any atom is -0.309 e. The molecule has 3 nitrogen and oxygen atoms in total. The smallest absolute Gasteiger partial charge is 0.309 e. The molecule has 0 aromatic carbocycles. The molecule has 0 aliphatic carbocycles. The van der Waals surface area contributed by atoms with Crippen molar-refractivity contribution in [3.63, 3.8) is 0 Å². The van der Waals surface area contributed by atoms with Crippen LogP contribution >= 0.6 is 0 Å². The normalized spacial score (nSPS) is 10.8. The van der Waals surface area contributed by atoms with Crippen LogP contribution in [0.2, 0.25) is 0 Å². The van der Waals surface area contributed by atoms with Crippen LogP contribution < -0.4 is 18.9 Å². The SMILES string of the molecule is CCCCCC[CH-]S(=O)(=O)O.[Li+]. The molecule has 0 radical (unpaired) electrons. The Balaban J connectivity index is 0. The molecule has 68 valence electrons. The average molecular weight is 186 g/mol. The second-order valence-corrected chi connectivity index (χ2v) is 3.89. The molecule has 0 unspecified atom stereocenters. The molecule has 0 atom stereocenters. The van der Waals surface area contributed by atoms with Gasteiger partial charge in [-0.15, -0.1) is 0 Å². The van der Waals surface area contributed by atoms with Crippen LogP contribution in [-0.4, -0.2) is 13.0 Å². The van der Waals surface area contributed by atoms with E-state index in [0.717, 1.165) is 31.4 Å². The molecule has 0 bridgehead atoms. The van der Waals surface area contributed by atoms with Crippen molar-refractivity contribution in [2.24, 2.45) is 0 Å². The molecule has 0 aliphatic heterocycles. The summed E-state index contributed by atoms with van der Waals surface area (Å²) < 4.78 is 28.6. The Morgan fingerprint density at radius 1 is 1.25 bits per heavy atom. The molecule has 0 heterocycles. The summed E-state index contributed by atoms with van der Waals surface area (Å²) >= 11 is 0. The minimum atomic E-state index is -3.84. The number of unbranched alkanes of at least 4 members (excludes halogenated alkanes) is 4. The van der Waals surface area contributed by atoms with E-state index in [1.807, 2.05) is 0 Å². The van der Waals surface area contributed by atoms with E-state index in [2.05, 4.69) is 6.92 Å². The van der Waals surface area contributed by atoms with E-state index in [1.54, 1.807) is 0 Å².